The van der Waals surface area contributed by atoms with Crippen molar-refractivity contribution in [2.75, 3.05) is 6.54 Å². The van der Waals surface area contributed by atoms with Gasteiger partial charge in [0, 0.05) is 16.6 Å². The summed E-state index contributed by atoms with van der Waals surface area (Å²) in [5, 5.41) is 7.75. The number of hydrogen-bond acceptors (Lipinski definition) is 3. The lowest BCUT2D eigenvalue weighted by molar-refractivity contribution is 0.598. The molecule has 16 heavy (non-hydrogen) atoms. The molecular weight excluding hydrogens is 275 g/mol. The van der Waals surface area contributed by atoms with E-state index < -0.39 is 0 Å². The summed E-state index contributed by atoms with van der Waals surface area (Å²) < 4.78 is 15.9. The maximum absolute atomic E-state index is 13.6. The lowest BCUT2D eigenvalue weighted by Gasteiger charge is -1.98. The van der Waals surface area contributed by atoms with Crippen molar-refractivity contribution in [3.8, 4) is 11.3 Å². The summed E-state index contributed by atoms with van der Waals surface area (Å²) in [6.07, 6.45) is 1.68. The smallest absolute Gasteiger partial charge is 0.133 e. The highest BCUT2D eigenvalue weighted by atomic mass is 79.9. The second-order valence-electron chi connectivity index (χ2n) is 3.28. The zero-order valence-electron chi connectivity index (χ0n) is 8.40. The largest absolute Gasteiger partial charge is 0.329 e. The van der Waals surface area contributed by atoms with Crippen LogP contribution < -0.4 is 5.73 Å². The van der Waals surface area contributed by atoms with Crippen molar-refractivity contribution in [1.29, 1.82) is 0 Å². The van der Waals surface area contributed by atoms with Gasteiger partial charge in [-0.3, -0.25) is 4.68 Å². The molecule has 0 spiro atoms. The van der Waals surface area contributed by atoms with Crippen LogP contribution in [0, 0.1) is 5.82 Å². The Bertz CT molecular complexity index is 497. The molecule has 0 saturated heterocycles. The molecule has 1 heterocycles. The van der Waals surface area contributed by atoms with Crippen LogP contribution in [0.15, 0.2) is 28.9 Å². The van der Waals surface area contributed by atoms with Crippen molar-refractivity contribution in [2.45, 2.75) is 6.54 Å². The number of rotatable bonds is 3. The molecule has 4 nitrogen and oxygen atoms in total. The van der Waals surface area contributed by atoms with Gasteiger partial charge >= 0.3 is 0 Å². The van der Waals surface area contributed by atoms with Gasteiger partial charge in [-0.2, -0.15) is 0 Å². The predicted molar refractivity (Wildman–Crippen MR) is 62.2 cm³/mol. The number of benzene rings is 1. The molecule has 1 aromatic heterocycles. The minimum Gasteiger partial charge on any atom is -0.329 e. The standard InChI is InChI=1S/C10H10BrFN4/c11-7-1-2-8(9(12)5-7)10-6-16(4-3-13)15-14-10/h1-2,5-6H,3-4,13H2. The minimum absolute atomic E-state index is 0.325. The lowest BCUT2D eigenvalue weighted by atomic mass is 10.1. The average Bonchev–Trinajstić information content (AvgIpc) is 2.67. The summed E-state index contributed by atoms with van der Waals surface area (Å²) >= 11 is 3.20. The summed E-state index contributed by atoms with van der Waals surface area (Å²) in [7, 11) is 0. The molecule has 0 aliphatic rings. The summed E-state index contributed by atoms with van der Waals surface area (Å²) in [6, 6.07) is 4.83. The molecule has 0 saturated carbocycles. The molecule has 0 bridgehead atoms. The van der Waals surface area contributed by atoms with Crippen molar-refractivity contribution in [3.05, 3.63) is 34.7 Å². The zero-order chi connectivity index (χ0) is 11.5. The van der Waals surface area contributed by atoms with E-state index in [0.29, 0.717) is 28.8 Å². The Labute approximate surface area is 100 Å². The topological polar surface area (TPSA) is 56.7 Å². The summed E-state index contributed by atoms with van der Waals surface area (Å²) in [6.45, 7) is 1.05. The molecule has 84 valence electrons. The normalized spacial score (nSPS) is 10.7. The van der Waals surface area contributed by atoms with Gasteiger partial charge in [0.2, 0.25) is 0 Å². The van der Waals surface area contributed by atoms with Crippen LogP contribution >= 0.6 is 15.9 Å². The van der Waals surface area contributed by atoms with Crippen molar-refractivity contribution in [3.63, 3.8) is 0 Å². The molecular formula is C10H10BrFN4. The molecule has 0 aliphatic carbocycles. The van der Waals surface area contributed by atoms with Crippen LogP contribution in [0.2, 0.25) is 0 Å². The SMILES string of the molecule is NCCn1cc(-c2ccc(Br)cc2F)nn1. The molecule has 0 amide bonds. The molecule has 2 rings (SSSR count). The van der Waals surface area contributed by atoms with Crippen molar-refractivity contribution >= 4 is 15.9 Å². The van der Waals surface area contributed by atoms with Crippen LogP contribution in [0.3, 0.4) is 0 Å². The Hall–Kier alpha value is -1.27. The van der Waals surface area contributed by atoms with Crippen LogP contribution in [-0.2, 0) is 6.54 Å². The third-order valence-electron chi connectivity index (χ3n) is 2.10. The summed E-state index contributed by atoms with van der Waals surface area (Å²) in [5.74, 6) is -0.325. The highest BCUT2D eigenvalue weighted by Gasteiger charge is 2.09. The first kappa shape index (κ1) is 11.2. The van der Waals surface area contributed by atoms with Crippen molar-refractivity contribution < 1.29 is 4.39 Å². The van der Waals surface area contributed by atoms with Gasteiger partial charge in [-0.25, -0.2) is 4.39 Å². The Morgan fingerprint density at radius 3 is 2.94 bits per heavy atom. The van der Waals surface area contributed by atoms with Gasteiger partial charge in [-0.05, 0) is 18.2 Å². The number of hydrogen-bond donors (Lipinski definition) is 1. The zero-order valence-corrected chi connectivity index (χ0v) is 9.98. The summed E-state index contributed by atoms with van der Waals surface area (Å²) in [5.41, 5.74) is 6.34. The molecule has 0 fully saturated rings. The third-order valence-corrected chi connectivity index (χ3v) is 2.60. The van der Waals surface area contributed by atoms with Gasteiger partial charge in [0.1, 0.15) is 11.5 Å². The van der Waals surface area contributed by atoms with E-state index in [-0.39, 0.29) is 5.82 Å². The number of halogens is 2. The van der Waals surface area contributed by atoms with Crippen LogP contribution in [0.25, 0.3) is 11.3 Å². The van der Waals surface area contributed by atoms with Gasteiger partial charge in [0.25, 0.3) is 0 Å². The molecule has 0 unspecified atom stereocenters. The highest BCUT2D eigenvalue weighted by Crippen LogP contribution is 2.23. The van der Waals surface area contributed by atoms with Gasteiger partial charge in [0.05, 0.1) is 12.7 Å². The molecule has 6 heteroatoms. The molecule has 2 aromatic rings. The van der Waals surface area contributed by atoms with Crippen LogP contribution in [-0.4, -0.2) is 21.5 Å². The first-order chi connectivity index (χ1) is 7.70. The van der Waals surface area contributed by atoms with E-state index in [2.05, 4.69) is 26.2 Å². The van der Waals surface area contributed by atoms with E-state index in [0.717, 1.165) is 0 Å². The highest BCUT2D eigenvalue weighted by molar-refractivity contribution is 9.10. The van der Waals surface area contributed by atoms with E-state index in [4.69, 9.17) is 5.73 Å². The van der Waals surface area contributed by atoms with Gasteiger partial charge in [0.15, 0.2) is 0 Å². The molecule has 0 aliphatic heterocycles. The lowest BCUT2D eigenvalue weighted by Crippen LogP contribution is -2.10. The monoisotopic (exact) mass is 284 g/mol. The van der Waals surface area contributed by atoms with Gasteiger partial charge < -0.3 is 5.73 Å². The van der Waals surface area contributed by atoms with E-state index in [1.54, 1.807) is 23.0 Å². The average molecular weight is 285 g/mol. The quantitative estimate of drug-likeness (QED) is 0.935. The van der Waals surface area contributed by atoms with Gasteiger partial charge in [-0.1, -0.05) is 21.1 Å². The number of nitrogens with two attached hydrogens (primary N) is 1. The van der Waals surface area contributed by atoms with Crippen LogP contribution in [0.1, 0.15) is 0 Å². The first-order valence-corrected chi connectivity index (χ1v) is 5.55. The third kappa shape index (κ3) is 2.28. The maximum atomic E-state index is 13.6. The second-order valence-corrected chi connectivity index (χ2v) is 4.20. The second kappa shape index (κ2) is 4.71. The Balaban J connectivity index is 2.35. The minimum atomic E-state index is -0.325. The molecule has 0 radical (unpaired) electrons. The van der Waals surface area contributed by atoms with E-state index >= 15 is 0 Å². The Morgan fingerprint density at radius 1 is 1.44 bits per heavy atom. The summed E-state index contributed by atoms with van der Waals surface area (Å²) in [4.78, 5) is 0. The molecule has 1 aromatic carbocycles. The number of nitrogens with zero attached hydrogens (tertiary/aromatic N) is 3. The Morgan fingerprint density at radius 2 is 2.25 bits per heavy atom. The van der Waals surface area contributed by atoms with Crippen LogP contribution in [0.4, 0.5) is 4.39 Å². The fraction of sp³-hybridized carbons (Fsp3) is 0.200. The van der Waals surface area contributed by atoms with Crippen molar-refractivity contribution in [2.24, 2.45) is 5.73 Å². The first-order valence-electron chi connectivity index (χ1n) is 4.76. The predicted octanol–water partition coefficient (Wildman–Crippen LogP) is 1.81. The molecule has 2 N–H and O–H groups in total. The van der Waals surface area contributed by atoms with E-state index in [1.165, 1.54) is 6.07 Å². The van der Waals surface area contributed by atoms with E-state index in [9.17, 15) is 4.39 Å². The Kier molecular flexibility index (Phi) is 3.31. The van der Waals surface area contributed by atoms with Crippen LogP contribution in [0.5, 0.6) is 0 Å². The number of aromatic nitrogens is 3. The fourth-order valence-corrected chi connectivity index (χ4v) is 1.69. The fourth-order valence-electron chi connectivity index (χ4n) is 1.36. The molecule has 0 atom stereocenters. The van der Waals surface area contributed by atoms with Crippen molar-refractivity contribution in [1.82, 2.24) is 15.0 Å². The van der Waals surface area contributed by atoms with Gasteiger partial charge in [-0.15, -0.1) is 5.10 Å². The van der Waals surface area contributed by atoms with E-state index in [1.807, 2.05) is 0 Å². The maximum Gasteiger partial charge on any atom is 0.133 e.